The van der Waals surface area contributed by atoms with E-state index in [1.54, 1.807) is 0 Å². The molecule has 3 heterocycles. The van der Waals surface area contributed by atoms with Gasteiger partial charge in [0.1, 0.15) is 11.4 Å². The van der Waals surface area contributed by atoms with Crippen LogP contribution >= 0.6 is 11.6 Å². The van der Waals surface area contributed by atoms with E-state index in [0.29, 0.717) is 18.4 Å². The monoisotopic (exact) mass is 440 g/mol. The summed E-state index contributed by atoms with van der Waals surface area (Å²) < 4.78 is 35.0. The lowest BCUT2D eigenvalue weighted by Gasteiger charge is -2.26. The Labute approximate surface area is 180 Å². The quantitative estimate of drug-likeness (QED) is 0.505. The Morgan fingerprint density at radius 2 is 1.90 bits per heavy atom. The molecule has 0 fully saturated rings. The number of pyridine rings is 1. The van der Waals surface area contributed by atoms with Gasteiger partial charge in [0.25, 0.3) is 5.91 Å². The summed E-state index contributed by atoms with van der Waals surface area (Å²) in [5.41, 5.74) is 0.806. The molecular formula is C22H15ClF2N4O2. The molecule has 2 aromatic carbocycles. The summed E-state index contributed by atoms with van der Waals surface area (Å²) in [6.45, 7) is 0.480. The van der Waals surface area contributed by atoms with Crippen LogP contribution in [0.2, 0.25) is 5.02 Å². The minimum absolute atomic E-state index is 0.103. The number of carbonyl (C=O) groups excluding carboxylic acids is 1. The number of carbonyl (C=O) groups is 1. The molecule has 0 aliphatic carbocycles. The maximum Gasteiger partial charge on any atom is 0.254 e. The van der Waals surface area contributed by atoms with Crippen molar-refractivity contribution in [3.05, 3.63) is 82.6 Å². The number of para-hydroxylation sites is 2. The van der Waals surface area contributed by atoms with E-state index in [-0.39, 0.29) is 28.0 Å². The van der Waals surface area contributed by atoms with Crippen molar-refractivity contribution in [2.75, 3.05) is 6.61 Å². The third kappa shape index (κ3) is 3.29. The number of hydrogen-bond acceptors (Lipinski definition) is 4. The highest BCUT2D eigenvalue weighted by atomic mass is 35.5. The van der Waals surface area contributed by atoms with Crippen molar-refractivity contribution in [2.45, 2.75) is 12.5 Å². The molecule has 156 valence electrons. The molecule has 1 aliphatic heterocycles. The number of aromatic nitrogens is 3. The second-order valence-corrected chi connectivity index (χ2v) is 7.43. The largest absolute Gasteiger partial charge is 0.493 e. The predicted molar refractivity (Wildman–Crippen MR) is 111 cm³/mol. The average Bonchev–Trinajstić information content (AvgIpc) is 3.19. The molecule has 6 nitrogen and oxygen atoms in total. The molecule has 1 aliphatic rings. The lowest BCUT2D eigenvalue weighted by Crippen LogP contribution is -2.32. The molecule has 5 rings (SSSR count). The highest BCUT2D eigenvalue weighted by Crippen LogP contribution is 2.33. The van der Waals surface area contributed by atoms with E-state index in [1.165, 1.54) is 18.5 Å². The van der Waals surface area contributed by atoms with E-state index < -0.39 is 17.5 Å². The molecule has 4 aromatic rings. The average molecular weight is 441 g/mol. The van der Waals surface area contributed by atoms with Crippen molar-refractivity contribution in [3.63, 3.8) is 0 Å². The van der Waals surface area contributed by atoms with Gasteiger partial charge >= 0.3 is 0 Å². The van der Waals surface area contributed by atoms with E-state index in [2.05, 4.69) is 15.4 Å². The number of amides is 1. The minimum atomic E-state index is -0.789. The fourth-order valence-corrected chi connectivity index (χ4v) is 3.96. The molecule has 0 radical (unpaired) electrons. The molecule has 9 heteroatoms. The summed E-state index contributed by atoms with van der Waals surface area (Å²) in [6.07, 6.45) is 3.22. The van der Waals surface area contributed by atoms with Crippen LogP contribution in [0.1, 0.15) is 28.4 Å². The molecular weight excluding hydrogens is 426 g/mol. The van der Waals surface area contributed by atoms with Gasteiger partial charge in [-0.05, 0) is 18.2 Å². The van der Waals surface area contributed by atoms with Gasteiger partial charge in [-0.25, -0.2) is 18.4 Å². The van der Waals surface area contributed by atoms with E-state index in [4.69, 9.17) is 16.3 Å². The zero-order valence-electron chi connectivity index (χ0n) is 16.0. The summed E-state index contributed by atoms with van der Waals surface area (Å²) in [6, 6.07) is 10.8. The van der Waals surface area contributed by atoms with Gasteiger partial charge in [0, 0.05) is 18.2 Å². The van der Waals surface area contributed by atoms with Crippen LogP contribution in [0, 0.1) is 11.6 Å². The van der Waals surface area contributed by atoms with E-state index in [1.807, 2.05) is 24.3 Å². The maximum atomic E-state index is 14.2. The highest BCUT2D eigenvalue weighted by Gasteiger charge is 2.25. The summed E-state index contributed by atoms with van der Waals surface area (Å²) >= 11 is 6.47. The molecule has 0 bridgehead atoms. The Kier molecular flexibility index (Phi) is 4.78. The Morgan fingerprint density at radius 1 is 1.13 bits per heavy atom. The number of halogens is 3. The van der Waals surface area contributed by atoms with Gasteiger partial charge in [-0.1, -0.05) is 35.9 Å². The van der Waals surface area contributed by atoms with Crippen molar-refractivity contribution in [1.29, 1.82) is 0 Å². The summed E-state index contributed by atoms with van der Waals surface area (Å²) in [5, 5.41) is 7.41. The number of rotatable bonds is 3. The fourth-order valence-electron chi connectivity index (χ4n) is 3.69. The van der Waals surface area contributed by atoms with Crippen molar-refractivity contribution < 1.29 is 18.3 Å². The van der Waals surface area contributed by atoms with E-state index >= 15 is 0 Å². The lowest BCUT2D eigenvalue weighted by atomic mass is 10.0. The Bertz CT molecular complexity index is 1300. The number of nitrogens with zero attached hydrogens (tertiary/aromatic N) is 3. The van der Waals surface area contributed by atoms with Crippen LogP contribution in [0.3, 0.4) is 0 Å². The Hall–Kier alpha value is -3.52. The molecule has 2 aromatic heterocycles. The van der Waals surface area contributed by atoms with Crippen LogP contribution in [0.15, 0.2) is 54.9 Å². The van der Waals surface area contributed by atoms with Gasteiger partial charge in [0.2, 0.25) is 0 Å². The highest BCUT2D eigenvalue weighted by molar-refractivity contribution is 6.38. The first-order valence-electron chi connectivity index (χ1n) is 9.54. The molecule has 0 unspecified atom stereocenters. The van der Waals surface area contributed by atoms with Crippen molar-refractivity contribution in [2.24, 2.45) is 0 Å². The minimum Gasteiger partial charge on any atom is -0.493 e. The molecule has 1 N–H and O–H groups in total. The van der Waals surface area contributed by atoms with Crippen LogP contribution in [0.4, 0.5) is 8.78 Å². The zero-order valence-corrected chi connectivity index (χ0v) is 16.7. The summed E-state index contributed by atoms with van der Waals surface area (Å²) in [7, 11) is 0. The second-order valence-electron chi connectivity index (χ2n) is 7.05. The Morgan fingerprint density at radius 3 is 2.71 bits per heavy atom. The molecule has 0 saturated heterocycles. The first kappa shape index (κ1) is 19.4. The SMILES string of the molecule is O=C(N[C@H]1CCOc2ccccc21)c1cnc2c(cnn2-c2c(F)cccc2F)c1Cl. The van der Waals surface area contributed by atoms with E-state index in [9.17, 15) is 13.6 Å². The van der Waals surface area contributed by atoms with Crippen molar-refractivity contribution in [1.82, 2.24) is 20.1 Å². The van der Waals surface area contributed by atoms with Gasteiger partial charge < -0.3 is 10.1 Å². The fraction of sp³-hybridized carbons (Fsp3) is 0.136. The second kappa shape index (κ2) is 7.63. The van der Waals surface area contributed by atoms with Crippen LogP contribution in [-0.4, -0.2) is 27.3 Å². The van der Waals surface area contributed by atoms with Gasteiger partial charge in [0.05, 0.1) is 34.8 Å². The molecule has 1 amide bonds. The zero-order chi connectivity index (χ0) is 21.5. The van der Waals surface area contributed by atoms with Gasteiger partial charge in [-0.2, -0.15) is 5.10 Å². The topological polar surface area (TPSA) is 69.0 Å². The Balaban J connectivity index is 1.50. The first-order valence-corrected chi connectivity index (χ1v) is 9.91. The van der Waals surface area contributed by atoms with Gasteiger partial charge in [-0.15, -0.1) is 0 Å². The van der Waals surface area contributed by atoms with Gasteiger partial charge in [-0.3, -0.25) is 4.79 Å². The number of nitrogens with one attached hydrogen (secondary N) is 1. The predicted octanol–water partition coefficient (Wildman–Crippen LogP) is 4.61. The van der Waals surface area contributed by atoms with E-state index in [0.717, 1.165) is 28.1 Å². The summed E-state index contributed by atoms with van der Waals surface area (Å²) in [4.78, 5) is 17.2. The maximum absolute atomic E-state index is 14.2. The molecule has 1 atom stereocenters. The molecule has 0 saturated carbocycles. The first-order chi connectivity index (χ1) is 15.0. The van der Waals surface area contributed by atoms with Crippen LogP contribution in [-0.2, 0) is 0 Å². The standard InChI is InChI=1S/C22H15ClF2N4O2/c23-19-13-11-27-29(20-15(24)5-3-6-16(20)25)21(13)26-10-14(19)22(30)28-17-8-9-31-18-7-2-1-4-12(17)18/h1-7,10-11,17H,8-9H2,(H,28,30)/t17-/m0/s1. The normalized spacial score (nSPS) is 15.4. The number of hydrogen-bond donors (Lipinski definition) is 1. The van der Waals surface area contributed by atoms with Crippen LogP contribution in [0.25, 0.3) is 16.7 Å². The van der Waals surface area contributed by atoms with Crippen LogP contribution in [0.5, 0.6) is 5.75 Å². The lowest BCUT2D eigenvalue weighted by molar-refractivity contribution is 0.0924. The molecule has 31 heavy (non-hydrogen) atoms. The van der Waals surface area contributed by atoms with Crippen molar-refractivity contribution >= 4 is 28.5 Å². The number of ether oxygens (including phenoxy) is 1. The third-order valence-electron chi connectivity index (χ3n) is 5.19. The molecule has 0 spiro atoms. The summed E-state index contributed by atoms with van der Waals surface area (Å²) in [5.74, 6) is -1.26. The van der Waals surface area contributed by atoms with Crippen LogP contribution < -0.4 is 10.1 Å². The van der Waals surface area contributed by atoms with Gasteiger partial charge in [0.15, 0.2) is 17.3 Å². The third-order valence-corrected chi connectivity index (χ3v) is 5.60. The van der Waals surface area contributed by atoms with Crippen molar-refractivity contribution in [3.8, 4) is 11.4 Å². The number of benzene rings is 2. The smallest absolute Gasteiger partial charge is 0.254 e. The number of fused-ring (bicyclic) bond motifs is 2.